The van der Waals surface area contributed by atoms with Crippen molar-refractivity contribution >= 4 is 5.69 Å². The first-order valence-electron chi connectivity index (χ1n) is 9.08. The number of nitrogens with zero attached hydrogens (tertiary/aromatic N) is 1. The van der Waals surface area contributed by atoms with Gasteiger partial charge in [-0.2, -0.15) is 0 Å². The Morgan fingerprint density at radius 1 is 1.12 bits per heavy atom. The first-order valence-corrected chi connectivity index (χ1v) is 9.08. The summed E-state index contributed by atoms with van der Waals surface area (Å²) in [6.07, 6.45) is 1.64. The second-order valence-corrected chi connectivity index (χ2v) is 7.21. The fourth-order valence-corrected chi connectivity index (χ4v) is 3.96. The van der Waals surface area contributed by atoms with Crippen molar-refractivity contribution in [2.24, 2.45) is 0 Å². The first kappa shape index (κ1) is 18.9. The molecular formula is C21H28N2O3. The molecule has 1 atom stereocenters. The molecule has 3 N–H and O–H groups in total. The molecule has 1 heterocycles. The normalized spacial score (nSPS) is 21.0. The molecule has 0 spiro atoms. The number of piperidine rings is 1. The van der Waals surface area contributed by atoms with Crippen molar-refractivity contribution in [3.05, 3.63) is 64.7 Å². The molecule has 0 bridgehead atoms. The van der Waals surface area contributed by atoms with E-state index in [0.717, 1.165) is 47.3 Å². The Bertz CT molecular complexity index is 712. The summed E-state index contributed by atoms with van der Waals surface area (Å²) >= 11 is 0. The highest BCUT2D eigenvalue weighted by atomic mass is 17.2. The van der Waals surface area contributed by atoms with Gasteiger partial charge >= 0.3 is 0 Å². The van der Waals surface area contributed by atoms with Gasteiger partial charge < -0.3 is 10.8 Å². The van der Waals surface area contributed by atoms with Crippen molar-refractivity contribution in [1.29, 1.82) is 0 Å². The van der Waals surface area contributed by atoms with Crippen LogP contribution in [0.15, 0.2) is 42.5 Å². The van der Waals surface area contributed by atoms with Gasteiger partial charge in [-0.3, -0.25) is 4.90 Å². The van der Waals surface area contributed by atoms with Gasteiger partial charge in [-0.15, -0.1) is 0 Å². The molecule has 140 valence electrons. The molecule has 1 aliphatic heterocycles. The summed E-state index contributed by atoms with van der Waals surface area (Å²) in [6, 6.07) is 13.8. The third-order valence-electron chi connectivity index (χ3n) is 4.96. The molecule has 1 aliphatic rings. The molecular weight excluding hydrogens is 328 g/mol. The molecule has 5 nitrogen and oxygen atoms in total. The van der Waals surface area contributed by atoms with Crippen LogP contribution in [-0.4, -0.2) is 29.8 Å². The van der Waals surface area contributed by atoms with E-state index in [1.54, 1.807) is 0 Å². The molecule has 0 radical (unpaired) electrons. The summed E-state index contributed by atoms with van der Waals surface area (Å²) in [7, 11) is 0. The lowest BCUT2D eigenvalue weighted by Crippen LogP contribution is -2.47. The zero-order valence-corrected chi connectivity index (χ0v) is 15.6. The zero-order valence-electron chi connectivity index (χ0n) is 15.6. The van der Waals surface area contributed by atoms with Crippen molar-refractivity contribution in [3.8, 4) is 0 Å². The minimum Gasteiger partial charge on any atom is -0.399 e. The third kappa shape index (κ3) is 4.43. The van der Waals surface area contributed by atoms with Crippen LogP contribution in [0.3, 0.4) is 0 Å². The minimum atomic E-state index is -0.886. The Morgan fingerprint density at radius 3 is 2.50 bits per heavy atom. The number of nitrogens with two attached hydrogens (primary N) is 1. The number of likely N-dealkylation sites (tertiary alicyclic amines) is 1. The maximum atomic E-state index is 11.3. The van der Waals surface area contributed by atoms with Gasteiger partial charge in [-0.1, -0.05) is 30.3 Å². The molecule has 5 heteroatoms. The fraction of sp³-hybridized carbons (Fsp3) is 0.429. The summed E-state index contributed by atoms with van der Waals surface area (Å²) in [4.78, 5) is 12.8. The van der Waals surface area contributed by atoms with Gasteiger partial charge in [0, 0.05) is 18.8 Å². The topological polar surface area (TPSA) is 68.0 Å². The molecule has 0 aliphatic carbocycles. The number of aryl methyl sites for hydroxylation is 2. The number of hydrogen-bond acceptors (Lipinski definition) is 5. The van der Waals surface area contributed by atoms with E-state index in [1.807, 2.05) is 56.3 Å². The summed E-state index contributed by atoms with van der Waals surface area (Å²) in [6.45, 7) is 6.17. The maximum Gasteiger partial charge on any atom is 0.135 e. The van der Waals surface area contributed by atoms with Gasteiger partial charge in [0.2, 0.25) is 0 Å². The smallest absolute Gasteiger partial charge is 0.135 e. The van der Waals surface area contributed by atoms with Gasteiger partial charge in [0.1, 0.15) is 18.9 Å². The molecule has 0 aromatic heterocycles. The molecule has 2 aromatic rings. The number of anilines is 1. The Morgan fingerprint density at radius 2 is 1.81 bits per heavy atom. The lowest BCUT2D eigenvalue weighted by molar-refractivity contribution is -0.327. The molecule has 3 rings (SSSR count). The van der Waals surface area contributed by atoms with Crippen LogP contribution in [0.1, 0.15) is 35.1 Å². The zero-order chi connectivity index (χ0) is 18.6. The van der Waals surface area contributed by atoms with Crippen LogP contribution in [0, 0.1) is 13.8 Å². The van der Waals surface area contributed by atoms with Crippen LogP contribution >= 0.6 is 0 Å². The number of hydrogen-bond donors (Lipinski definition) is 2. The Labute approximate surface area is 155 Å². The quantitative estimate of drug-likeness (QED) is 0.360. The Hall–Kier alpha value is -1.92. The lowest BCUT2D eigenvalue weighted by atomic mass is 9.81. The highest BCUT2D eigenvalue weighted by Gasteiger charge is 2.37. The van der Waals surface area contributed by atoms with Crippen LogP contribution in [0.5, 0.6) is 0 Å². The van der Waals surface area contributed by atoms with Crippen molar-refractivity contribution in [1.82, 2.24) is 4.90 Å². The molecule has 0 amide bonds. The van der Waals surface area contributed by atoms with E-state index in [4.69, 9.17) is 15.5 Å². The van der Waals surface area contributed by atoms with Crippen molar-refractivity contribution in [2.75, 3.05) is 25.6 Å². The van der Waals surface area contributed by atoms with Crippen LogP contribution in [0.4, 0.5) is 5.69 Å². The van der Waals surface area contributed by atoms with E-state index in [-0.39, 0.29) is 0 Å². The van der Waals surface area contributed by atoms with Gasteiger partial charge in [-0.25, -0.2) is 9.78 Å². The highest BCUT2D eigenvalue weighted by molar-refractivity contribution is 5.51. The van der Waals surface area contributed by atoms with E-state index in [9.17, 15) is 5.11 Å². The fourth-order valence-electron chi connectivity index (χ4n) is 3.96. The molecule has 1 unspecified atom stereocenters. The first-order chi connectivity index (χ1) is 12.5. The molecule has 26 heavy (non-hydrogen) atoms. The molecule has 1 saturated heterocycles. The van der Waals surface area contributed by atoms with Gasteiger partial charge in [-0.05, 0) is 61.1 Å². The number of benzene rings is 2. The van der Waals surface area contributed by atoms with Crippen LogP contribution in [0.25, 0.3) is 0 Å². The van der Waals surface area contributed by atoms with Gasteiger partial charge in [0.25, 0.3) is 0 Å². The van der Waals surface area contributed by atoms with Crippen molar-refractivity contribution < 1.29 is 14.9 Å². The second kappa shape index (κ2) is 8.18. The van der Waals surface area contributed by atoms with Crippen molar-refractivity contribution in [2.45, 2.75) is 38.9 Å². The average Bonchev–Trinajstić information content (AvgIpc) is 2.58. The predicted octanol–water partition coefficient (Wildman–Crippen LogP) is 3.27. The summed E-state index contributed by atoms with van der Waals surface area (Å²) < 4.78 is 0. The molecule has 1 fully saturated rings. The third-order valence-corrected chi connectivity index (χ3v) is 4.96. The monoisotopic (exact) mass is 356 g/mol. The van der Waals surface area contributed by atoms with E-state index in [0.29, 0.717) is 19.9 Å². The maximum absolute atomic E-state index is 11.3. The average molecular weight is 356 g/mol. The Balaban J connectivity index is 1.58. The largest absolute Gasteiger partial charge is 0.399 e. The van der Waals surface area contributed by atoms with Crippen LogP contribution in [-0.2, 0) is 22.0 Å². The SMILES string of the molecule is Cc1cc(N)cc(C)c1C1(O)CCCN(COOCc2ccccc2)C1. The minimum absolute atomic E-state index is 0.336. The predicted molar refractivity (Wildman–Crippen MR) is 102 cm³/mol. The number of aliphatic hydroxyl groups is 1. The number of β-amino-alcohol motifs (C(OH)–C–C–N with tert-alkyl or cyclic N) is 1. The number of nitrogen functional groups attached to an aromatic ring is 1. The summed E-state index contributed by atoms with van der Waals surface area (Å²) in [5, 5.41) is 11.3. The lowest BCUT2D eigenvalue weighted by Gasteiger charge is -2.40. The van der Waals surface area contributed by atoms with E-state index < -0.39 is 5.60 Å². The van der Waals surface area contributed by atoms with Gasteiger partial charge in [0.05, 0.1) is 0 Å². The van der Waals surface area contributed by atoms with E-state index >= 15 is 0 Å². The van der Waals surface area contributed by atoms with Crippen molar-refractivity contribution in [3.63, 3.8) is 0 Å². The summed E-state index contributed by atoms with van der Waals surface area (Å²) in [5.74, 6) is 0. The van der Waals surface area contributed by atoms with E-state index in [2.05, 4.69) is 4.90 Å². The van der Waals surface area contributed by atoms with Crippen LogP contribution in [0.2, 0.25) is 0 Å². The van der Waals surface area contributed by atoms with Crippen LogP contribution < -0.4 is 5.73 Å². The Kier molecular flexibility index (Phi) is 5.94. The molecule has 2 aromatic carbocycles. The second-order valence-electron chi connectivity index (χ2n) is 7.21. The highest BCUT2D eigenvalue weighted by Crippen LogP contribution is 2.36. The standard InChI is InChI=1S/C21H28N2O3/c1-16-11-19(22)12-17(2)20(16)21(24)9-6-10-23(14-21)15-26-25-13-18-7-4-3-5-8-18/h3-5,7-8,11-12,24H,6,9-10,13-15,22H2,1-2H3. The number of rotatable bonds is 6. The van der Waals surface area contributed by atoms with E-state index in [1.165, 1.54) is 0 Å². The summed E-state index contributed by atoms with van der Waals surface area (Å²) in [5.41, 5.74) is 9.90. The molecule has 0 saturated carbocycles. The van der Waals surface area contributed by atoms with Gasteiger partial charge in [0.15, 0.2) is 0 Å².